The Labute approximate surface area is 239 Å². The Kier molecular flexibility index (Phi) is 8.80. The molecule has 4 rings (SSSR count). The van der Waals surface area contributed by atoms with Crippen LogP contribution >= 0.6 is 0 Å². The van der Waals surface area contributed by atoms with Gasteiger partial charge >= 0.3 is 12.1 Å². The summed E-state index contributed by atoms with van der Waals surface area (Å²) < 4.78 is 5.41. The molecular weight excluding hydrogens is 526 g/mol. The molecule has 0 saturated carbocycles. The molecule has 1 atom stereocenters. The molecule has 218 valence electrons. The van der Waals surface area contributed by atoms with Crippen LogP contribution in [0.1, 0.15) is 67.9 Å². The van der Waals surface area contributed by atoms with Gasteiger partial charge in [0.25, 0.3) is 0 Å². The number of ketones is 1. The van der Waals surface area contributed by atoms with E-state index in [9.17, 15) is 29.1 Å². The van der Waals surface area contributed by atoms with Crippen molar-refractivity contribution < 1.29 is 33.8 Å². The molecule has 0 aliphatic carbocycles. The van der Waals surface area contributed by atoms with Crippen molar-refractivity contribution in [3.63, 3.8) is 0 Å². The van der Waals surface area contributed by atoms with E-state index in [0.29, 0.717) is 5.56 Å². The van der Waals surface area contributed by atoms with Gasteiger partial charge in [0.05, 0.1) is 0 Å². The van der Waals surface area contributed by atoms with E-state index in [0.717, 1.165) is 11.1 Å². The van der Waals surface area contributed by atoms with Crippen LogP contribution in [-0.2, 0) is 32.1 Å². The number of hydrogen-bond donors (Lipinski definition) is 2. The highest BCUT2D eigenvalue weighted by molar-refractivity contribution is 5.98. The highest BCUT2D eigenvalue weighted by Gasteiger charge is 2.46. The quantitative estimate of drug-likeness (QED) is 0.492. The first kappa shape index (κ1) is 29.8. The number of carbonyl (C=O) groups is 5. The van der Waals surface area contributed by atoms with E-state index in [1.54, 1.807) is 45.0 Å². The summed E-state index contributed by atoms with van der Waals surface area (Å²) in [7, 11) is 0. The normalized spacial score (nSPS) is 18.2. The molecule has 2 aromatic carbocycles. The molecule has 1 fully saturated rings. The van der Waals surface area contributed by atoms with Gasteiger partial charge in [-0.05, 0) is 44.7 Å². The van der Waals surface area contributed by atoms with Gasteiger partial charge in [0, 0.05) is 44.5 Å². The largest absolute Gasteiger partial charge is 0.480 e. The van der Waals surface area contributed by atoms with Crippen molar-refractivity contribution in [2.24, 2.45) is 0 Å². The van der Waals surface area contributed by atoms with Crippen molar-refractivity contribution in [2.45, 2.75) is 76.6 Å². The van der Waals surface area contributed by atoms with Crippen LogP contribution in [0.2, 0.25) is 0 Å². The summed E-state index contributed by atoms with van der Waals surface area (Å²) in [5.41, 5.74) is 0.0367. The van der Waals surface area contributed by atoms with Crippen LogP contribution in [0.25, 0.3) is 0 Å². The number of carboxylic acid groups (broad SMARTS) is 1. The Bertz CT molecular complexity index is 1310. The maximum absolute atomic E-state index is 13.7. The van der Waals surface area contributed by atoms with Crippen molar-refractivity contribution in [2.75, 3.05) is 13.1 Å². The number of carboxylic acids is 1. The first-order valence-electron chi connectivity index (χ1n) is 13.9. The van der Waals surface area contributed by atoms with Gasteiger partial charge in [-0.2, -0.15) is 0 Å². The van der Waals surface area contributed by atoms with E-state index in [-0.39, 0.29) is 63.4 Å². The number of nitrogens with one attached hydrogen (secondary N) is 1. The fourth-order valence-electron chi connectivity index (χ4n) is 5.26. The lowest BCUT2D eigenvalue weighted by Crippen LogP contribution is -2.64. The number of ether oxygens (including phenoxy) is 1. The summed E-state index contributed by atoms with van der Waals surface area (Å²) in [6.45, 7) is 5.63. The topological polar surface area (TPSA) is 133 Å². The zero-order valence-corrected chi connectivity index (χ0v) is 23.7. The molecule has 0 spiro atoms. The van der Waals surface area contributed by atoms with E-state index >= 15 is 0 Å². The van der Waals surface area contributed by atoms with Crippen molar-refractivity contribution in [3.8, 4) is 0 Å². The highest BCUT2D eigenvalue weighted by atomic mass is 16.6. The number of benzene rings is 2. The summed E-state index contributed by atoms with van der Waals surface area (Å²) in [4.78, 5) is 67.6. The molecule has 2 aromatic rings. The second-order valence-corrected chi connectivity index (χ2v) is 11.6. The molecule has 2 aliphatic heterocycles. The number of amides is 3. The fourth-order valence-corrected chi connectivity index (χ4v) is 5.26. The number of aliphatic carboxylic acids is 1. The number of likely N-dealkylation sites (tertiary alicyclic amines) is 1. The van der Waals surface area contributed by atoms with Gasteiger partial charge in [-0.1, -0.05) is 54.6 Å². The van der Waals surface area contributed by atoms with Gasteiger partial charge in [0.2, 0.25) is 11.8 Å². The number of rotatable bonds is 7. The van der Waals surface area contributed by atoms with Crippen molar-refractivity contribution in [1.82, 2.24) is 15.1 Å². The van der Waals surface area contributed by atoms with Gasteiger partial charge < -0.3 is 25.0 Å². The van der Waals surface area contributed by atoms with Crippen molar-refractivity contribution in [3.05, 3.63) is 71.3 Å². The molecule has 0 radical (unpaired) electrons. The molecule has 1 saturated heterocycles. The lowest BCUT2D eigenvalue weighted by Gasteiger charge is -2.42. The van der Waals surface area contributed by atoms with Crippen LogP contribution in [0.15, 0.2) is 54.6 Å². The Balaban J connectivity index is 1.48. The molecule has 2 heterocycles. The molecule has 0 unspecified atom stereocenters. The highest BCUT2D eigenvalue weighted by Crippen LogP contribution is 2.28. The zero-order chi connectivity index (χ0) is 29.8. The summed E-state index contributed by atoms with van der Waals surface area (Å²) in [6.07, 6.45) is -0.399. The molecule has 41 heavy (non-hydrogen) atoms. The van der Waals surface area contributed by atoms with E-state index in [1.807, 2.05) is 30.3 Å². The number of Topliss-reactive ketones (excluding diaryl/α,β-unsaturated/α-hetero) is 1. The molecule has 0 aromatic heterocycles. The van der Waals surface area contributed by atoms with Crippen LogP contribution < -0.4 is 5.32 Å². The summed E-state index contributed by atoms with van der Waals surface area (Å²) >= 11 is 0. The number of hydrogen-bond acceptors (Lipinski definition) is 6. The molecule has 10 nitrogen and oxygen atoms in total. The summed E-state index contributed by atoms with van der Waals surface area (Å²) in [6, 6.07) is 15.3. The second-order valence-electron chi connectivity index (χ2n) is 11.6. The van der Waals surface area contributed by atoms with Crippen LogP contribution in [0.5, 0.6) is 0 Å². The van der Waals surface area contributed by atoms with Gasteiger partial charge in [-0.15, -0.1) is 0 Å². The predicted octanol–water partition coefficient (Wildman–Crippen LogP) is 3.57. The second kappa shape index (κ2) is 12.1. The molecule has 10 heteroatoms. The first-order valence-corrected chi connectivity index (χ1v) is 13.9. The van der Waals surface area contributed by atoms with E-state index in [4.69, 9.17) is 4.74 Å². The predicted molar refractivity (Wildman–Crippen MR) is 150 cm³/mol. The standard InChI is InChI=1S/C31H37N3O7/c1-30(2,3)41-29(40)33-17-15-31(16-18-33,28(38)39)32-27(37)24-19-22-11-7-8-12-23(22)20-34(24)26(36)14-13-25(35)21-9-5-4-6-10-21/h4-12,24H,13-20H2,1-3H3,(H,32,37)(H,38,39)/t24-/m0/s1. The van der Waals surface area contributed by atoms with Crippen LogP contribution in [-0.4, -0.2) is 74.8 Å². The SMILES string of the molecule is CC(C)(C)OC(=O)N1CCC(NC(=O)[C@@H]2Cc3ccccc3CN2C(=O)CCC(=O)c2ccccc2)(C(=O)O)CC1. The molecular formula is C31H37N3O7. The molecule has 2 N–H and O–H groups in total. The van der Waals surface area contributed by atoms with E-state index in [1.165, 1.54) is 9.80 Å². The fraction of sp³-hybridized carbons (Fsp3) is 0.452. The third-order valence-corrected chi connectivity index (χ3v) is 7.57. The lowest BCUT2D eigenvalue weighted by atomic mass is 9.86. The molecule has 2 aliphatic rings. The average molecular weight is 564 g/mol. The van der Waals surface area contributed by atoms with E-state index < -0.39 is 35.2 Å². The van der Waals surface area contributed by atoms with Crippen LogP contribution in [0, 0.1) is 0 Å². The van der Waals surface area contributed by atoms with Gasteiger partial charge in [-0.25, -0.2) is 9.59 Å². The minimum atomic E-state index is -1.59. The smallest absolute Gasteiger partial charge is 0.410 e. The minimum Gasteiger partial charge on any atom is -0.480 e. The minimum absolute atomic E-state index is 0.00382. The Morgan fingerprint density at radius 3 is 2.15 bits per heavy atom. The Hall–Kier alpha value is -4.21. The first-order chi connectivity index (χ1) is 19.4. The molecule has 3 amide bonds. The van der Waals surface area contributed by atoms with Gasteiger partial charge in [0.1, 0.15) is 17.2 Å². The van der Waals surface area contributed by atoms with Crippen molar-refractivity contribution >= 4 is 29.7 Å². The summed E-state index contributed by atoms with van der Waals surface area (Å²) in [5.74, 6) is -2.29. The number of fused-ring (bicyclic) bond motifs is 1. The average Bonchev–Trinajstić information content (AvgIpc) is 2.94. The summed E-state index contributed by atoms with van der Waals surface area (Å²) in [5, 5.41) is 12.9. The monoisotopic (exact) mass is 563 g/mol. The number of piperidine rings is 1. The third kappa shape index (κ3) is 7.11. The van der Waals surface area contributed by atoms with Crippen molar-refractivity contribution in [1.29, 1.82) is 0 Å². The zero-order valence-electron chi connectivity index (χ0n) is 23.7. The number of carbonyl (C=O) groups excluding carboxylic acids is 4. The lowest BCUT2D eigenvalue weighted by molar-refractivity contribution is -0.152. The van der Waals surface area contributed by atoms with Crippen LogP contribution in [0.3, 0.4) is 0 Å². The van der Waals surface area contributed by atoms with Gasteiger partial charge in [0.15, 0.2) is 5.78 Å². The Morgan fingerprint density at radius 1 is 0.927 bits per heavy atom. The van der Waals surface area contributed by atoms with E-state index in [2.05, 4.69) is 5.32 Å². The van der Waals surface area contributed by atoms with Crippen LogP contribution in [0.4, 0.5) is 4.79 Å². The molecule has 0 bridgehead atoms. The van der Waals surface area contributed by atoms with Gasteiger partial charge in [-0.3, -0.25) is 14.4 Å². The maximum Gasteiger partial charge on any atom is 0.410 e. The Morgan fingerprint density at radius 2 is 1.54 bits per heavy atom. The number of nitrogens with zero attached hydrogens (tertiary/aromatic N) is 2. The third-order valence-electron chi connectivity index (χ3n) is 7.57. The maximum atomic E-state index is 13.7.